The normalized spacial score (nSPS) is 16.8. The van der Waals surface area contributed by atoms with Gasteiger partial charge in [0.1, 0.15) is 5.76 Å². The quantitative estimate of drug-likeness (QED) is 0.134. The third-order valence-electron chi connectivity index (χ3n) is 6.76. The fraction of sp³-hybridized carbons (Fsp3) is 0.258. The number of fused-ring (bicyclic) bond motifs is 1. The molecule has 5 rings (SSSR count). The zero-order valence-corrected chi connectivity index (χ0v) is 24.2. The molecule has 1 saturated heterocycles. The van der Waals surface area contributed by atoms with Crippen molar-refractivity contribution in [3.05, 3.63) is 87.9 Å². The lowest BCUT2D eigenvalue weighted by atomic mass is 9.95. The molecule has 40 heavy (non-hydrogen) atoms. The maximum absolute atomic E-state index is 13.6. The first-order valence-corrected chi connectivity index (χ1v) is 14.1. The van der Waals surface area contributed by atoms with E-state index < -0.39 is 17.7 Å². The molecule has 0 aliphatic carbocycles. The zero-order valence-electron chi connectivity index (χ0n) is 22.6. The average Bonchev–Trinajstić information content (AvgIpc) is 3.46. The summed E-state index contributed by atoms with van der Waals surface area (Å²) < 4.78 is 12.5. The van der Waals surface area contributed by atoms with Gasteiger partial charge in [-0.1, -0.05) is 48.9 Å². The minimum absolute atomic E-state index is 0.0433. The van der Waals surface area contributed by atoms with Gasteiger partial charge < -0.3 is 14.6 Å². The Morgan fingerprint density at radius 3 is 2.52 bits per heavy atom. The van der Waals surface area contributed by atoms with E-state index in [1.54, 1.807) is 42.5 Å². The highest BCUT2D eigenvalue weighted by atomic mass is 35.5. The number of benzene rings is 3. The van der Waals surface area contributed by atoms with Crippen LogP contribution in [0, 0.1) is 12.8 Å². The van der Waals surface area contributed by atoms with Gasteiger partial charge >= 0.3 is 5.91 Å². The van der Waals surface area contributed by atoms with Gasteiger partial charge in [-0.2, -0.15) is 0 Å². The Bertz CT molecular complexity index is 1630. The molecular weight excluding hydrogens is 548 g/mol. The van der Waals surface area contributed by atoms with Crippen molar-refractivity contribution in [2.24, 2.45) is 5.92 Å². The maximum atomic E-state index is 13.6. The second kappa shape index (κ2) is 11.3. The van der Waals surface area contributed by atoms with E-state index in [0.29, 0.717) is 45.3 Å². The first-order valence-electron chi connectivity index (χ1n) is 12.9. The van der Waals surface area contributed by atoms with E-state index in [9.17, 15) is 14.7 Å². The fourth-order valence-corrected chi connectivity index (χ4v) is 5.83. The lowest BCUT2D eigenvalue weighted by Gasteiger charge is -2.24. The standard InChI is InChI=1S/C31H29ClN2O5S/c1-17(2)13-14-39-23-12-8-20(16-24(23)38-4)27-26(28(35)19-6-9-21(32)10-7-19)29(36)30(37)34(27)31-33-22-11-5-18(3)15-25(22)40-31/h5-12,15-17,27,35H,13-14H2,1-4H3. The Labute approximate surface area is 241 Å². The van der Waals surface area contributed by atoms with Crippen LogP contribution in [0.3, 0.4) is 0 Å². The second-order valence-electron chi connectivity index (χ2n) is 10.1. The largest absolute Gasteiger partial charge is 0.507 e. The molecule has 1 fully saturated rings. The summed E-state index contributed by atoms with van der Waals surface area (Å²) in [6.07, 6.45) is 0.878. The van der Waals surface area contributed by atoms with Crippen LogP contribution in [-0.4, -0.2) is 35.5 Å². The molecule has 1 aliphatic rings. The molecule has 206 valence electrons. The van der Waals surface area contributed by atoms with Gasteiger partial charge in [0.05, 0.1) is 35.5 Å². The summed E-state index contributed by atoms with van der Waals surface area (Å²) in [5.74, 6) is -0.377. The van der Waals surface area contributed by atoms with Gasteiger partial charge in [-0.25, -0.2) is 4.98 Å². The highest BCUT2D eigenvalue weighted by Gasteiger charge is 2.48. The van der Waals surface area contributed by atoms with Crippen molar-refractivity contribution in [3.8, 4) is 11.5 Å². The number of hydrogen-bond acceptors (Lipinski definition) is 7. The van der Waals surface area contributed by atoms with E-state index in [0.717, 1.165) is 22.2 Å². The number of carbonyl (C=O) groups excluding carboxylic acids is 2. The number of halogens is 1. The highest BCUT2D eigenvalue weighted by Crippen LogP contribution is 2.46. The first-order chi connectivity index (χ1) is 19.2. The predicted molar refractivity (Wildman–Crippen MR) is 159 cm³/mol. The molecule has 0 saturated carbocycles. The molecule has 7 nitrogen and oxygen atoms in total. The van der Waals surface area contributed by atoms with Gasteiger partial charge in [-0.05, 0) is 78.9 Å². The van der Waals surface area contributed by atoms with Crippen LogP contribution in [0.2, 0.25) is 5.02 Å². The van der Waals surface area contributed by atoms with Crippen molar-refractivity contribution in [3.63, 3.8) is 0 Å². The van der Waals surface area contributed by atoms with Gasteiger partial charge in [-0.15, -0.1) is 0 Å². The van der Waals surface area contributed by atoms with Crippen LogP contribution in [0.15, 0.2) is 66.2 Å². The minimum atomic E-state index is -0.948. The SMILES string of the molecule is COc1cc(C2C(=C(O)c3ccc(Cl)cc3)C(=O)C(=O)N2c2nc3ccc(C)cc3s2)ccc1OCCC(C)C. The fourth-order valence-electron chi connectivity index (χ4n) is 4.61. The molecule has 0 bridgehead atoms. The molecule has 4 aromatic rings. The van der Waals surface area contributed by atoms with E-state index in [-0.39, 0.29) is 11.3 Å². The number of nitrogens with zero attached hydrogens (tertiary/aromatic N) is 2. The Kier molecular flexibility index (Phi) is 7.83. The van der Waals surface area contributed by atoms with Gasteiger partial charge in [0.25, 0.3) is 5.78 Å². The molecule has 1 amide bonds. The molecule has 1 N–H and O–H groups in total. The summed E-state index contributed by atoms with van der Waals surface area (Å²) in [7, 11) is 1.54. The molecular formula is C31H29ClN2O5S. The molecule has 3 aromatic carbocycles. The Balaban J connectivity index is 1.66. The van der Waals surface area contributed by atoms with Crippen molar-refractivity contribution in [2.45, 2.75) is 33.2 Å². The number of aromatic nitrogens is 1. The zero-order chi connectivity index (χ0) is 28.6. The molecule has 2 heterocycles. The molecule has 0 spiro atoms. The maximum Gasteiger partial charge on any atom is 0.301 e. The Morgan fingerprint density at radius 2 is 1.82 bits per heavy atom. The number of thiazole rings is 1. The number of hydrogen-bond donors (Lipinski definition) is 1. The minimum Gasteiger partial charge on any atom is -0.507 e. The van der Waals surface area contributed by atoms with Crippen LogP contribution >= 0.6 is 22.9 Å². The number of anilines is 1. The molecule has 1 aromatic heterocycles. The number of aryl methyl sites for hydroxylation is 1. The van der Waals surface area contributed by atoms with E-state index in [1.165, 1.54) is 23.3 Å². The summed E-state index contributed by atoms with van der Waals surface area (Å²) in [5.41, 5.74) is 2.67. The van der Waals surface area contributed by atoms with E-state index in [1.807, 2.05) is 25.1 Å². The average molecular weight is 577 g/mol. The van der Waals surface area contributed by atoms with E-state index in [4.69, 9.17) is 21.1 Å². The third kappa shape index (κ3) is 5.29. The van der Waals surface area contributed by atoms with Crippen molar-refractivity contribution < 1.29 is 24.2 Å². The predicted octanol–water partition coefficient (Wildman–Crippen LogP) is 7.32. The van der Waals surface area contributed by atoms with Crippen LogP contribution in [0.5, 0.6) is 11.5 Å². The number of rotatable bonds is 8. The van der Waals surface area contributed by atoms with Crippen molar-refractivity contribution in [1.82, 2.24) is 4.98 Å². The molecule has 0 radical (unpaired) electrons. The van der Waals surface area contributed by atoms with Crippen molar-refractivity contribution in [2.75, 3.05) is 18.6 Å². The molecule has 9 heteroatoms. The van der Waals surface area contributed by atoms with Crippen LogP contribution in [0.1, 0.15) is 43.0 Å². The second-order valence-corrected chi connectivity index (χ2v) is 11.5. The smallest absolute Gasteiger partial charge is 0.301 e. The number of methoxy groups -OCH3 is 1. The van der Waals surface area contributed by atoms with Crippen LogP contribution < -0.4 is 14.4 Å². The topological polar surface area (TPSA) is 89.0 Å². The highest BCUT2D eigenvalue weighted by molar-refractivity contribution is 7.22. The van der Waals surface area contributed by atoms with Gasteiger partial charge in [0, 0.05) is 10.6 Å². The molecule has 1 aliphatic heterocycles. The third-order valence-corrected chi connectivity index (χ3v) is 8.03. The number of amides is 1. The Morgan fingerprint density at radius 1 is 1.07 bits per heavy atom. The first kappa shape index (κ1) is 27.7. The van der Waals surface area contributed by atoms with Gasteiger partial charge in [0.2, 0.25) is 0 Å². The van der Waals surface area contributed by atoms with Crippen molar-refractivity contribution in [1.29, 1.82) is 0 Å². The summed E-state index contributed by atoms with van der Waals surface area (Å²) >= 11 is 7.36. The lowest BCUT2D eigenvalue weighted by Crippen LogP contribution is -2.29. The number of ketones is 1. The van der Waals surface area contributed by atoms with E-state index >= 15 is 0 Å². The number of Topliss-reactive ketones (excluding diaryl/α,β-unsaturated/α-hetero) is 1. The summed E-state index contributed by atoms with van der Waals surface area (Å²) in [6, 6.07) is 16.6. The molecule has 1 unspecified atom stereocenters. The number of carbonyl (C=O) groups is 2. The van der Waals surface area contributed by atoms with Gasteiger partial charge in [0.15, 0.2) is 16.6 Å². The summed E-state index contributed by atoms with van der Waals surface area (Å²) in [4.78, 5) is 33.2. The van der Waals surface area contributed by atoms with E-state index in [2.05, 4.69) is 18.8 Å². The van der Waals surface area contributed by atoms with Gasteiger partial charge in [-0.3, -0.25) is 14.5 Å². The summed E-state index contributed by atoms with van der Waals surface area (Å²) in [6.45, 7) is 6.75. The van der Waals surface area contributed by atoms with Crippen LogP contribution in [0.25, 0.3) is 16.0 Å². The van der Waals surface area contributed by atoms with Crippen LogP contribution in [0.4, 0.5) is 5.13 Å². The van der Waals surface area contributed by atoms with Crippen LogP contribution in [-0.2, 0) is 9.59 Å². The number of aliphatic hydroxyl groups is 1. The molecule has 1 atom stereocenters. The monoisotopic (exact) mass is 576 g/mol. The lowest BCUT2D eigenvalue weighted by molar-refractivity contribution is -0.132. The number of ether oxygens (including phenoxy) is 2. The number of aliphatic hydroxyl groups excluding tert-OH is 1. The van der Waals surface area contributed by atoms with Crippen molar-refractivity contribution >= 4 is 55.7 Å². The Hall–Kier alpha value is -3.88. The summed E-state index contributed by atoms with van der Waals surface area (Å²) in [5, 5.41) is 12.2.